The van der Waals surface area contributed by atoms with Crippen LogP contribution in [-0.2, 0) is 23.0 Å². The smallest absolute Gasteiger partial charge is 0.264 e. The molecule has 0 spiro atoms. The molecule has 36 heavy (non-hydrogen) atoms. The SMILES string of the molecule is O=S(=O)(O)CCCc1cc(Nc2ncc3c(n2)-c2ccccc2[C@H](c2ccccc2F)C3)ccc1F. The van der Waals surface area contributed by atoms with Gasteiger partial charge in [-0.25, -0.2) is 18.7 Å². The number of fused-ring (bicyclic) bond motifs is 3. The Kier molecular flexibility index (Phi) is 6.51. The van der Waals surface area contributed by atoms with Crippen LogP contribution in [0.3, 0.4) is 0 Å². The number of rotatable bonds is 7. The summed E-state index contributed by atoms with van der Waals surface area (Å²) in [5, 5.41) is 3.09. The molecule has 0 saturated carbocycles. The van der Waals surface area contributed by atoms with E-state index in [-0.39, 0.29) is 24.6 Å². The van der Waals surface area contributed by atoms with Crippen LogP contribution in [0.2, 0.25) is 0 Å². The molecule has 9 heteroatoms. The fourth-order valence-corrected chi connectivity index (χ4v) is 5.16. The zero-order valence-electron chi connectivity index (χ0n) is 19.2. The summed E-state index contributed by atoms with van der Waals surface area (Å²) in [6.07, 6.45) is 2.53. The Morgan fingerprint density at radius 1 is 0.972 bits per heavy atom. The van der Waals surface area contributed by atoms with Gasteiger partial charge in [-0.15, -0.1) is 0 Å². The van der Waals surface area contributed by atoms with Crippen molar-refractivity contribution in [1.82, 2.24) is 9.97 Å². The molecule has 3 aromatic carbocycles. The normalized spacial score (nSPS) is 14.7. The molecule has 4 aromatic rings. The predicted octanol–water partition coefficient (Wildman–Crippen LogP) is 5.67. The lowest BCUT2D eigenvalue weighted by Gasteiger charge is -2.27. The second kappa shape index (κ2) is 9.75. The molecule has 0 unspecified atom stereocenters. The highest BCUT2D eigenvalue weighted by Gasteiger charge is 2.29. The number of anilines is 2. The van der Waals surface area contributed by atoms with Crippen molar-refractivity contribution in [3.63, 3.8) is 0 Å². The summed E-state index contributed by atoms with van der Waals surface area (Å²) in [5.41, 5.74) is 5.05. The maximum absolute atomic E-state index is 14.6. The van der Waals surface area contributed by atoms with Crippen LogP contribution in [0.4, 0.5) is 20.4 Å². The number of nitrogens with one attached hydrogen (secondary N) is 1. The van der Waals surface area contributed by atoms with Crippen LogP contribution in [0.5, 0.6) is 0 Å². The molecular weight excluding hydrogens is 484 g/mol. The zero-order chi connectivity index (χ0) is 25.3. The van der Waals surface area contributed by atoms with Crippen LogP contribution in [0.1, 0.15) is 34.6 Å². The lowest BCUT2D eigenvalue weighted by atomic mass is 9.78. The molecule has 0 bridgehead atoms. The van der Waals surface area contributed by atoms with E-state index in [0.29, 0.717) is 29.2 Å². The van der Waals surface area contributed by atoms with Crippen molar-refractivity contribution in [2.75, 3.05) is 11.1 Å². The number of hydrogen-bond donors (Lipinski definition) is 2. The van der Waals surface area contributed by atoms with E-state index in [4.69, 9.17) is 9.54 Å². The van der Waals surface area contributed by atoms with Crippen LogP contribution in [0.15, 0.2) is 72.9 Å². The van der Waals surface area contributed by atoms with Crippen molar-refractivity contribution < 1.29 is 21.8 Å². The van der Waals surface area contributed by atoms with Gasteiger partial charge in [0.15, 0.2) is 0 Å². The molecule has 0 aliphatic heterocycles. The molecule has 1 aliphatic rings. The fourth-order valence-electron chi connectivity index (χ4n) is 4.65. The molecular formula is C27H23F2N3O3S. The maximum Gasteiger partial charge on any atom is 0.264 e. The van der Waals surface area contributed by atoms with Crippen molar-refractivity contribution in [3.8, 4) is 11.3 Å². The Morgan fingerprint density at radius 3 is 2.50 bits per heavy atom. The molecule has 1 heterocycles. The van der Waals surface area contributed by atoms with Crippen molar-refractivity contribution in [2.45, 2.75) is 25.2 Å². The Balaban J connectivity index is 1.42. The number of hydrogen-bond acceptors (Lipinski definition) is 5. The van der Waals surface area contributed by atoms with Crippen molar-refractivity contribution >= 4 is 21.8 Å². The average Bonchev–Trinajstić information content (AvgIpc) is 2.85. The Labute approximate surface area is 207 Å². The minimum atomic E-state index is -4.10. The number of benzene rings is 3. The third-order valence-corrected chi connectivity index (χ3v) is 7.12. The first-order valence-electron chi connectivity index (χ1n) is 11.5. The van der Waals surface area contributed by atoms with Gasteiger partial charge in [-0.05, 0) is 65.8 Å². The van der Waals surface area contributed by atoms with E-state index in [9.17, 15) is 17.2 Å². The zero-order valence-corrected chi connectivity index (χ0v) is 20.0. The summed E-state index contributed by atoms with van der Waals surface area (Å²) in [6.45, 7) is 0. The first-order chi connectivity index (χ1) is 17.3. The van der Waals surface area contributed by atoms with E-state index >= 15 is 0 Å². The minimum Gasteiger partial charge on any atom is -0.324 e. The first-order valence-corrected chi connectivity index (χ1v) is 13.1. The molecule has 0 radical (unpaired) electrons. The van der Waals surface area contributed by atoms with Gasteiger partial charge in [0.25, 0.3) is 10.1 Å². The topological polar surface area (TPSA) is 92.2 Å². The van der Waals surface area contributed by atoms with E-state index in [1.54, 1.807) is 30.5 Å². The molecule has 5 rings (SSSR count). The van der Waals surface area contributed by atoms with Crippen molar-refractivity contribution in [3.05, 3.63) is 107 Å². The van der Waals surface area contributed by atoms with Crippen LogP contribution in [0, 0.1) is 11.6 Å². The van der Waals surface area contributed by atoms with Gasteiger partial charge in [0.2, 0.25) is 5.95 Å². The number of aromatic nitrogens is 2. The second-order valence-corrected chi connectivity index (χ2v) is 10.3. The molecule has 0 fully saturated rings. The van der Waals surface area contributed by atoms with Gasteiger partial charge in [0.05, 0.1) is 11.4 Å². The summed E-state index contributed by atoms with van der Waals surface area (Å²) in [4.78, 5) is 9.16. The van der Waals surface area contributed by atoms with E-state index in [1.165, 1.54) is 12.1 Å². The van der Waals surface area contributed by atoms with Gasteiger partial charge in [-0.2, -0.15) is 8.42 Å². The van der Waals surface area contributed by atoms with Crippen molar-refractivity contribution in [2.24, 2.45) is 0 Å². The molecule has 6 nitrogen and oxygen atoms in total. The number of aryl methyl sites for hydroxylation is 1. The second-order valence-electron chi connectivity index (χ2n) is 8.75. The van der Waals surface area contributed by atoms with Gasteiger partial charge in [0, 0.05) is 23.4 Å². The van der Waals surface area contributed by atoms with Crippen molar-refractivity contribution in [1.29, 1.82) is 0 Å². The predicted molar refractivity (Wildman–Crippen MR) is 134 cm³/mol. The summed E-state index contributed by atoms with van der Waals surface area (Å²) >= 11 is 0. The highest BCUT2D eigenvalue weighted by Crippen LogP contribution is 2.42. The molecule has 184 valence electrons. The number of nitrogens with zero attached hydrogens (tertiary/aromatic N) is 2. The summed E-state index contributed by atoms with van der Waals surface area (Å²) in [6, 6.07) is 19.0. The van der Waals surface area contributed by atoms with Crippen LogP contribution >= 0.6 is 0 Å². The minimum absolute atomic E-state index is 0.0918. The number of halogens is 2. The molecule has 2 N–H and O–H groups in total. The Hall–Kier alpha value is -3.69. The van der Waals surface area contributed by atoms with Crippen LogP contribution in [0.25, 0.3) is 11.3 Å². The maximum atomic E-state index is 14.6. The third kappa shape index (κ3) is 5.12. The first kappa shape index (κ1) is 24.0. The summed E-state index contributed by atoms with van der Waals surface area (Å²) < 4.78 is 59.7. The largest absolute Gasteiger partial charge is 0.324 e. The molecule has 1 aliphatic carbocycles. The fraction of sp³-hybridized carbons (Fsp3) is 0.185. The molecule has 0 saturated heterocycles. The lowest BCUT2D eigenvalue weighted by Crippen LogP contribution is -2.16. The third-order valence-electron chi connectivity index (χ3n) is 6.31. The molecule has 0 amide bonds. The van der Waals surface area contributed by atoms with E-state index in [1.807, 2.05) is 30.3 Å². The average molecular weight is 508 g/mol. The van der Waals surface area contributed by atoms with Gasteiger partial charge < -0.3 is 5.32 Å². The standard InChI is InChI=1S/C27H23F2N3O3S/c28-24-12-11-19(14-17(24)6-5-13-36(33,34)35)31-27-30-16-18-15-23(21-8-3-4-10-25(21)29)20-7-1-2-9-22(20)26(18)32-27/h1-4,7-12,14,16,23H,5-6,13,15H2,(H,30,31,32)(H,33,34,35)/t23-/m1/s1. The van der Waals surface area contributed by atoms with Gasteiger partial charge in [-0.3, -0.25) is 4.55 Å². The quantitative estimate of drug-likeness (QED) is 0.313. The van der Waals surface area contributed by atoms with E-state index < -0.39 is 21.7 Å². The van der Waals surface area contributed by atoms with Gasteiger partial charge in [0.1, 0.15) is 11.6 Å². The highest BCUT2D eigenvalue weighted by atomic mass is 32.2. The molecule has 1 aromatic heterocycles. The van der Waals surface area contributed by atoms with E-state index in [2.05, 4.69) is 10.3 Å². The monoisotopic (exact) mass is 507 g/mol. The van der Waals surface area contributed by atoms with Gasteiger partial charge >= 0.3 is 0 Å². The summed E-state index contributed by atoms with van der Waals surface area (Å²) in [5.74, 6) is -0.979. The van der Waals surface area contributed by atoms with E-state index in [0.717, 1.165) is 22.4 Å². The lowest BCUT2D eigenvalue weighted by molar-refractivity contribution is 0.480. The molecule has 1 atom stereocenters. The summed E-state index contributed by atoms with van der Waals surface area (Å²) in [7, 11) is -4.10. The highest BCUT2D eigenvalue weighted by molar-refractivity contribution is 7.85. The van der Waals surface area contributed by atoms with Gasteiger partial charge in [-0.1, -0.05) is 42.5 Å². The Morgan fingerprint density at radius 2 is 1.72 bits per heavy atom. The Bertz CT molecular complexity index is 1540. The van der Waals surface area contributed by atoms with Crippen LogP contribution < -0.4 is 5.32 Å². The van der Waals surface area contributed by atoms with Crippen LogP contribution in [-0.4, -0.2) is 28.7 Å².